The largest absolute Gasteiger partial charge is 0.497 e. The summed E-state index contributed by atoms with van der Waals surface area (Å²) in [6, 6.07) is 7.55. The van der Waals surface area contributed by atoms with Gasteiger partial charge in [-0.15, -0.1) is 21.5 Å². The van der Waals surface area contributed by atoms with Crippen molar-refractivity contribution in [3.05, 3.63) is 41.0 Å². The van der Waals surface area contributed by atoms with Crippen molar-refractivity contribution in [3.63, 3.8) is 0 Å². The molecule has 0 bridgehead atoms. The van der Waals surface area contributed by atoms with E-state index in [9.17, 15) is 9.59 Å². The van der Waals surface area contributed by atoms with E-state index in [-0.39, 0.29) is 17.7 Å². The Hall–Kier alpha value is -2.85. The number of aryl methyl sites for hydroxylation is 1. The molecule has 8 nitrogen and oxygen atoms in total. The summed E-state index contributed by atoms with van der Waals surface area (Å²) >= 11 is 2.60. The second kappa shape index (κ2) is 10.6. The van der Waals surface area contributed by atoms with Crippen molar-refractivity contribution in [1.29, 1.82) is 0 Å². The van der Waals surface area contributed by atoms with Crippen molar-refractivity contribution in [3.8, 4) is 16.9 Å². The topological polar surface area (TPSA) is 95.3 Å². The molecule has 0 aliphatic carbocycles. The van der Waals surface area contributed by atoms with Crippen molar-refractivity contribution in [2.75, 3.05) is 25.3 Å². The van der Waals surface area contributed by atoms with Crippen molar-refractivity contribution in [2.45, 2.75) is 38.4 Å². The third-order valence-corrected chi connectivity index (χ3v) is 6.57. The molecular weight excluding hydrogens is 448 g/mol. The molecular formula is C22H26N4O4S2. The quantitative estimate of drug-likeness (QED) is 0.355. The number of anilines is 1. The molecule has 0 fully saturated rings. The number of carbonyl (C=O) groups is 2. The van der Waals surface area contributed by atoms with Crippen LogP contribution in [0.15, 0.2) is 34.8 Å². The van der Waals surface area contributed by atoms with Crippen LogP contribution in [0.1, 0.15) is 43.0 Å². The Bertz CT molecular complexity index is 1090. The summed E-state index contributed by atoms with van der Waals surface area (Å²) in [5.41, 5.74) is 1.86. The third kappa shape index (κ3) is 5.13. The number of hydrogen-bond donors (Lipinski definition) is 1. The van der Waals surface area contributed by atoms with E-state index < -0.39 is 5.97 Å². The van der Waals surface area contributed by atoms with Crippen LogP contribution in [0.4, 0.5) is 5.00 Å². The van der Waals surface area contributed by atoms with Crippen LogP contribution in [-0.2, 0) is 16.0 Å². The molecule has 1 aromatic carbocycles. The fourth-order valence-corrected chi connectivity index (χ4v) is 5.06. The number of hydrogen-bond acceptors (Lipinski definition) is 8. The second-order valence-electron chi connectivity index (χ2n) is 7.13. The number of rotatable bonds is 9. The van der Waals surface area contributed by atoms with E-state index in [0.717, 1.165) is 23.6 Å². The van der Waals surface area contributed by atoms with Crippen molar-refractivity contribution < 1.29 is 19.1 Å². The van der Waals surface area contributed by atoms with Crippen molar-refractivity contribution >= 4 is 40.0 Å². The Morgan fingerprint density at radius 3 is 2.50 bits per heavy atom. The van der Waals surface area contributed by atoms with Gasteiger partial charge in [0, 0.05) is 23.4 Å². The van der Waals surface area contributed by atoms with E-state index >= 15 is 0 Å². The standard InChI is InChI=1S/C22H26N4O4S2/c1-6-17-24-25-22(26(17)13(2)3)32-12-18(27)23-20-19(21(28)30-5)16(11-31-20)14-7-9-15(29-4)10-8-14/h7-11,13H,6,12H2,1-5H3,(H,23,27). The predicted molar refractivity (Wildman–Crippen MR) is 127 cm³/mol. The molecule has 0 radical (unpaired) electrons. The number of nitrogens with one attached hydrogen (secondary N) is 1. The van der Waals surface area contributed by atoms with Gasteiger partial charge in [-0.2, -0.15) is 0 Å². The van der Waals surface area contributed by atoms with Gasteiger partial charge in [-0.25, -0.2) is 4.79 Å². The summed E-state index contributed by atoms with van der Waals surface area (Å²) in [7, 11) is 2.92. The lowest BCUT2D eigenvalue weighted by atomic mass is 10.0. The molecule has 1 amide bonds. The minimum atomic E-state index is -0.507. The van der Waals surface area contributed by atoms with Crippen LogP contribution in [0.5, 0.6) is 5.75 Å². The van der Waals surface area contributed by atoms with Gasteiger partial charge in [0.05, 0.1) is 20.0 Å². The van der Waals surface area contributed by atoms with Gasteiger partial charge in [0.2, 0.25) is 5.91 Å². The molecule has 32 heavy (non-hydrogen) atoms. The molecule has 0 unspecified atom stereocenters. The van der Waals surface area contributed by atoms with E-state index in [1.807, 2.05) is 41.1 Å². The lowest BCUT2D eigenvalue weighted by molar-refractivity contribution is -0.113. The lowest BCUT2D eigenvalue weighted by Crippen LogP contribution is -2.16. The first kappa shape index (κ1) is 23.8. The summed E-state index contributed by atoms with van der Waals surface area (Å²) in [4.78, 5) is 25.2. The van der Waals surface area contributed by atoms with E-state index in [1.54, 1.807) is 7.11 Å². The first-order valence-corrected chi connectivity index (χ1v) is 12.0. The number of nitrogens with zero attached hydrogens (tertiary/aromatic N) is 3. The van der Waals surface area contributed by atoms with E-state index in [4.69, 9.17) is 9.47 Å². The summed E-state index contributed by atoms with van der Waals surface area (Å²) in [5, 5.41) is 14.3. The highest BCUT2D eigenvalue weighted by Gasteiger charge is 2.23. The van der Waals surface area contributed by atoms with Crippen LogP contribution in [0.25, 0.3) is 11.1 Å². The number of methoxy groups -OCH3 is 2. The van der Waals surface area contributed by atoms with Crippen molar-refractivity contribution in [1.82, 2.24) is 14.8 Å². The van der Waals surface area contributed by atoms with Crippen molar-refractivity contribution in [2.24, 2.45) is 0 Å². The Morgan fingerprint density at radius 1 is 1.19 bits per heavy atom. The maximum absolute atomic E-state index is 12.7. The molecule has 0 aliphatic heterocycles. The number of thioether (sulfide) groups is 1. The van der Waals surface area contributed by atoms with Gasteiger partial charge in [-0.1, -0.05) is 30.8 Å². The maximum Gasteiger partial charge on any atom is 0.341 e. The van der Waals surface area contributed by atoms with Crippen LogP contribution in [0, 0.1) is 0 Å². The Labute approximate surface area is 195 Å². The highest BCUT2D eigenvalue weighted by Crippen LogP contribution is 2.37. The minimum absolute atomic E-state index is 0.144. The van der Waals surface area contributed by atoms with Crippen LogP contribution < -0.4 is 10.1 Å². The molecule has 2 aromatic heterocycles. The number of thiophene rings is 1. The summed E-state index contributed by atoms with van der Waals surface area (Å²) in [5.74, 6) is 1.00. The van der Waals surface area contributed by atoms with E-state index in [0.29, 0.717) is 21.3 Å². The smallest absolute Gasteiger partial charge is 0.341 e. The maximum atomic E-state index is 12.7. The zero-order valence-corrected chi connectivity index (χ0v) is 20.3. The van der Waals surface area contributed by atoms with Gasteiger partial charge in [0.15, 0.2) is 5.16 Å². The highest BCUT2D eigenvalue weighted by atomic mass is 32.2. The molecule has 170 valence electrons. The number of aromatic nitrogens is 3. The summed E-state index contributed by atoms with van der Waals surface area (Å²) < 4.78 is 12.2. The highest BCUT2D eigenvalue weighted by molar-refractivity contribution is 7.99. The fourth-order valence-electron chi connectivity index (χ4n) is 3.20. The number of benzene rings is 1. The van der Waals surface area contributed by atoms with Gasteiger partial charge in [-0.3, -0.25) is 4.79 Å². The van der Waals surface area contributed by atoms with E-state index in [2.05, 4.69) is 29.4 Å². The second-order valence-corrected chi connectivity index (χ2v) is 8.95. The normalized spacial score (nSPS) is 10.9. The molecule has 2 heterocycles. The first-order valence-electron chi connectivity index (χ1n) is 10.1. The van der Waals surface area contributed by atoms with Gasteiger partial charge >= 0.3 is 5.97 Å². The molecule has 0 atom stereocenters. The molecule has 10 heteroatoms. The Balaban J connectivity index is 1.78. The SMILES string of the molecule is CCc1nnc(SCC(=O)Nc2scc(-c3ccc(OC)cc3)c2C(=O)OC)n1C(C)C. The molecule has 0 saturated carbocycles. The number of ether oxygens (including phenoxy) is 2. The Morgan fingerprint density at radius 2 is 1.91 bits per heavy atom. The zero-order valence-electron chi connectivity index (χ0n) is 18.7. The van der Waals surface area contributed by atoms with Gasteiger partial charge in [-0.05, 0) is 31.5 Å². The van der Waals surface area contributed by atoms with Gasteiger partial charge in [0.25, 0.3) is 0 Å². The fraction of sp³-hybridized carbons (Fsp3) is 0.364. The zero-order chi connectivity index (χ0) is 23.3. The van der Waals surface area contributed by atoms with Crippen LogP contribution in [-0.4, -0.2) is 46.6 Å². The van der Waals surface area contributed by atoms with Crippen LogP contribution in [0.2, 0.25) is 0 Å². The number of amides is 1. The van der Waals surface area contributed by atoms with Gasteiger partial charge in [0.1, 0.15) is 22.1 Å². The molecule has 0 aliphatic rings. The first-order chi connectivity index (χ1) is 15.4. The van der Waals surface area contributed by atoms with Gasteiger partial charge < -0.3 is 19.4 Å². The predicted octanol–water partition coefficient (Wildman–Crippen LogP) is 4.68. The molecule has 0 spiro atoms. The van der Waals surface area contributed by atoms with Crippen LogP contribution in [0.3, 0.4) is 0 Å². The third-order valence-electron chi connectivity index (χ3n) is 4.73. The van der Waals surface area contributed by atoms with E-state index in [1.165, 1.54) is 30.2 Å². The minimum Gasteiger partial charge on any atom is -0.497 e. The molecule has 0 saturated heterocycles. The molecule has 3 aromatic rings. The molecule has 1 N–H and O–H groups in total. The molecule has 3 rings (SSSR count). The number of carbonyl (C=O) groups excluding carboxylic acids is 2. The summed E-state index contributed by atoms with van der Waals surface area (Å²) in [6.45, 7) is 6.14. The summed E-state index contributed by atoms with van der Waals surface area (Å²) in [6.07, 6.45) is 0.768. The van der Waals surface area contributed by atoms with Crippen LogP contribution >= 0.6 is 23.1 Å². The monoisotopic (exact) mass is 474 g/mol. The Kier molecular flexibility index (Phi) is 7.92. The average molecular weight is 475 g/mol. The average Bonchev–Trinajstić information content (AvgIpc) is 3.41. The number of esters is 1. The lowest BCUT2D eigenvalue weighted by Gasteiger charge is -2.12.